The first-order chi connectivity index (χ1) is 16.2. The van der Waals surface area contributed by atoms with Crippen molar-refractivity contribution in [1.82, 2.24) is 9.97 Å². The number of fused-ring (bicyclic) bond motifs is 1. The van der Waals surface area contributed by atoms with Crippen LogP contribution in [-0.2, 0) is 6.18 Å². The van der Waals surface area contributed by atoms with Crippen LogP contribution in [0.3, 0.4) is 0 Å². The molecule has 4 rings (SSSR count). The third-order valence-electron chi connectivity index (χ3n) is 5.33. The summed E-state index contributed by atoms with van der Waals surface area (Å²) in [7, 11) is 1.74. The molecule has 0 atom stereocenters. The predicted octanol–water partition coefficient (Wildman–Crippen LogP) is 5.79. The van der Waals surface area contributed by atoms with Crippen molar-refractivity contribution in [3.63, 3.8) is 0 Å². The van der Waals surface area contributed by atoms with Crippen molar-refractivity contribution in [2.45, 2.75) is 13.1 Å². The number of benzene rings is 2. The number of rotatable bonds is 4. The van der Waals surface area contributed by atoms with Gasteiger partial charge in [0.2, 0.25) is 0 Å². The van der Waals surface area contributed by atoms with Crippen LogP contribution in [0.2, 0.25) is 0 Å². The lowest BCUT2D eigenvalue weighted by Crippen LogP contribution is -2.15. The zero-order valence-electron chi connectivity index (χ0n) is 18.2. The monoisotopic (exact) mass is 461 g/mol. The zero-order chi connectivity index (χ0) is 24.5. The van der Waals surface area contributed by atoms with Crippen molar-refractivity contribution >= 4 is 28.2 Å². The summed E-state index contributed by atoms with van der Waals surface area (Å²) in [5, 5.41) is 16.8. The number of nitriles is 1. The van der Waals surface area contributed by atoms with Crippen LogP contribution in [-0.4, -0.2) is 22.9 Å². The van der Waals surface area contributed by atoms with Gasteiger partial charge >= 0.3 is 6.18 Å². The fourth-order valence-corrected chi connectivity index (χ4v) is 3.58. The molecule has 0 aliphatic carbocycles. The Bertz CT molecular complexity index is 1460. The first kappa shape index (κ1) is 22.7. The Balaban J connectivity index is 1.70. The van der Waals surface area contributed by atoms with E-state index in [-0.39, 0.29) is 5.56 Å². The Labute approximate surface area is 193 Å². The number of alkyl halides is 3. The molecule has 0 aliphatic rings. The molecule has 0 aliphatic heterocycles. The van der Waals surface area contributed by atoms with Crippen molar-refractivity contribution < 1.29 is 18.0 Å². The van der Waals surface area contributed by atoms with Gasteiger partial charge in [-0.2, -0.15) is 18.4 Å². The molecule has 0 radical (unpaired) electrons. The van der Waals surface area contributed by atoms with Gasteiger partial charge in [0.1, 0.15) is 11.5 Å². The average molecular weight is 461 g/mol. The molecule has 2 aromatic carbocycles. The molecule has 34 heavy (non-hydrogen) atoms. The van der Waals surface area contributed by atoms with Crippen LogP contribution < -0.4 is 10.6 Å². The molecule has 0 saturated carbocycles. The predicted molar refractivity (Wildman–Crippen MR) is 123 cm³/mol. The van der Waals surface area contributed by atoms with Crippen LogP contribution in [0.4, 0.5) is 24.7 Å². The standard InChI is InChI=1S/C25H18F3N5O/c1-14-3-4-19(33-24(34)15-5-6-31-22(9-15)25(26,27)28)10-20(14)16-7-17(12-29)21-11-23(30-2)32-13-18(21)8-16/h3-11,13H,1-2H3,(H,30,32)(H,33,34). The summed E-state index contributed by atoms with van der Waals surface area (Å²) in [5.41, 5.74) is 1.98. The Morgan fingerprint density at radius 3 is 2.56 bits per heavy atom. The quantitative estimate of drug-likeness (QED) is 0.402. The number of pyridine rings is 2. The van der Waals surface area contributed by atoms with Gasteiger partial charge < -0.3 is 10.6 Å². The van der Waals surface area contributed by atoms with E-state index in [2.05, 4.69) is 26.7 Å². The molecule has 0 bridgehead atoms. The number of carbonyl (C=O) groups is 1. The van der Waals surface area contributed by atoms with Crippen LogP contribution in [0.1, 0.15) is 27.2 Å². The third-order valence-corrected chi connectivity index (χ3v) is 5.33. The van der Waals surface area contributed by atoms with E-state index in [1.165, 1.54) is 6.07 Å². The van der Waals surface area contributed by atoms with E-state index in [9.17, 15) is 23.2 Å². The van der Waals surface area contributed by atoms with E-state index >= 15 is 0 Å². The molecule has 9 heteroatoms. The highest BCUT2D eigenvalue weighted by molar-refractivity contribution is 6.04. The van der Waals surface area contributed by atoms with E-state index < -0.39 is 17.8 Å². The Morgan fingerprint density at radius 2 is 1.85 bits per heavy atom. The SMILES string of the molecule is CNc1cc2c(C#N)cc(-c3cc(NC(=O)c4ccnc(C(F)(F)F)c4)ccc3C)cc2cn1. The van der Waals surface area contributed by atoms with Gasteiger partial charge in [-0.05, 0) is 66.1 Å². The second-order valence-electron chi connectivity index (χ2n) is 7.59. The highest BCUT2D eigenvalue weighted by Crippen LogP contribution is 2.32. The Hall–Kier alpha value is -4.45. The first-order valence-corrected chi connectivity index (χ1v) is 10.2. The van der Waals surface area contributed by atoms with Gasteiger partial charge in [-0.15, -0.1) is 0 Å². The Morgan fingerprint density at radius 1 is 1.06 bits per heavy atom. The molecule has 1 amide bonds. The number of nitrogens with one attached hydrogen (secondary N) is 2. The minimum atomic E-state index is -4.65. The highest BCUT2D eigenvalue weighted by Gasteiger charge is 2.33. The van der Waals surface area contributed by atoms with E-state index in [0.29, 0.717) is 23.1 Å². The number of aryl methyl sites for hydroxylation is 1. The number of hydrogen-bond donors (Lipinski definition) is 2. The molecule has 2 heterocycles. The molecule has 0 spiro atoms. The number of aromatic nitrogens is 2. The molecule has 0 saturated heterocycles. The minimum absolute atomic E-state index is 0.159. The maximum atomic E-state index is 12.9. The summed E-state index contributed by atoms with van der Waals surface area (Å²) in [6, 6.07) is 14.8. The summed E-state index contributed by atoms with van der Waals surface area (Å²) >= 11 is 0. The fraction of sp³-hybridized carbons (Fsp3) is 0.120. The minimum Gasteiger partial charge on any atom is -0.373 e. The zero-order valence-corrected chi connectivity index (χ0v) is 18.2. The number of hydrogen-bond acceptors (Lipinski definition) is 5. The largest absolute Gasteiger partial charge is 0.433 e. The molecular formula is C25H18F3N5O. The average Bonchev–Trinajstić information content (AvgIpc) is 2.83. The lowest BCUT2D eigenvalue weighted by atomic mass is 9.95. The van der Waals surface area contributed by atoms with Crippen molar-refractivity contribution in [3.05, 3.63) is 83.3 Å². The van der Waals surface area contributed by atoms with E-state index in [4.69, 9.17) is 0 Å². The van der Waals surface area contributed by atoms with Gasteiger partial charge in [-0.25, -0.2) is 4.98 Å². The summed E-state index contributed by atoms with van der Waals surface area (Å²) in [6.45, 7) is 1.89. The summed E-state index contributed by atoms with van der Waals surface area (Å²) in [6.07, 6.45) is -2.02. The van der Waals surface area contributed by atoms with Gasteiger partial charge in [0.05, 0.1) is 11.6 Å². The van der Waals surface area contributed by atoms with E-state index in [1.54, 1.807) is 43.6 Å². The van der Waals surface area contributed by atoms with Crippen molar-refractivity contribution in [1.29, 1.82) is 5.26 Å². The van der Waals surface area contributed by atoms with Gasteiger partial charge in [0.15, 0.2) is 0 Å². The Kier molecular flexibility index (Phi) is 5.90. The second kappa shape index (κ2) is 8.83. The summed E-state index contributed by atoms with van der Waals surface area (Å²) < 4.78 is 38.8. The second-order valence-corrected chi connectivity index (χ2v) is 7.59. The maximum absolute atomic E-state index is 12.9. The molecule has 6 nitrogen and oxygen atoms in total. The van der Waals surface area contributed by atoms with Gasteiger partial charge in [-0.3, -0.25) is 9.78 Å². The molecule has 2 aromatic heterocycles. The van der Waals surface area contributed by atoms with Crippen LogP contribution >= 0.6 is 0 Å². The number of carbonyl (C=O) groups excluding carboxylic acids is 1. The lowest BCUT2D eigenvalue weighted by Gasteiger charge is -2.13. The normalized spacial score (nSPS) is 11.2. The third kappa shape index (κ3) is 4.52. The molecule has 170 valence electrons. The molecule has 4 aromatic rings. The van der Waals surface area contributed by atoms with Crippen LogP contribution in [0, 0.1) is 18.3 Å². The van der Waals surface area contributed by atoms with E-state index in [1.807, 2.05) is 13.0 Å². The van der Waals surface area contributed by atoms with Crippen molar-refractivity contribution in [2.75, 3.05) is 17.7 Å². The van der Waals surface area contributed by atoms with Crippen LogP contribution in [0.25, 0.3) is 21.9 Å². The number of amides is 1. The molecular weight excluding hydrogens is 443 g/mol. The number of nitrogens with zero attached hydrogens (tertiary/aromatic N) is 3. The molecule has 2 N–H and O–H groups in total. The topological polar surface area (TPSA) is 90.7 Å². The number of anilines is 2. The first-order valence-electron chi connectivity index (χ1n) is 10.2. The van der Waals surface area contributed by atoms with Gasteiger partial charge in [0, 0.05) is 41.5 Å². The van der Waals surface area contributed by atoms with Gasteiger partial charge in [-0.1, -0.05) is 6.07 Å². The van der Waals surface area contributed by atoms with Crippen LogP contribution in [0.5, 0.6) is 0 Å². The molecule has 0 fully saturated rings. The van der Waals surface area contributed by atoms with E-state index in [0.717, 1.165) is 33.7 Å². The smallest absolute Gasteiger partial charge is 0.373 e. The molecule has 0 unspecified atom stereocenters. The van der Waals surface area contributed by atoms with Crippen molar-refractivity contribution in [3.8, 4) is 17.2 Å². The number of halogens is 3. The van der Waals surface area contributed by atoms with Crippen LogP contribution in [0.15, 0.2) is 60.9 Å². The van der Waals surface area contributed by atoms with Gasteiger partial charge in [0.25, 0.3) is 5.91 Å². The maximum Gasteiger partial charge on any atom is 0.433 e. The lowest BCUT2D eigenvalue weighted by molar-refractivity contribution is -0.141. The highest BCUT2D eigenvalue weighted by atomic mass is 19.4. The fourth-order valence-electron chi connectivity index (χ4n) is 3.58. The summed E-state index contributed by atoms with van der Waals surface area (Å²) in [5.74, 6) is -0.0508. The summed E-state index contributed by atoms with van der Waals surface area (Å²) in [4.78, 5) is 20.2. The van der Waals surface area contributed by atoms with Crippen molar-refractivity contribution in [2.24, 2.45) is 0 Å².